The minimum absolute atomic E-state index is 0.0218. The topological polar surface area (TPSA) is 63.1 Å². The van der Waals surface area contributed by atoms with Gasteiger partial charge in [0.05, 0.1) is 5.56 Å². The summed E-state index contributed by atoms with van der Waals surface area (Å²) in [6.45, 7) is 1.74. The van der Waals surface area contributed by atoms with E-state index in [1.807, 2.05) is 0 Å². The zero-order chi connectivity index (χ0) is 12.4. The van der Waals surface area contributed by atoms with Gasteiger partial charge >= 0.3 is 5.97 Å². The van der Waals surface area contributed by atoms with Crippen LogP contribution in [-0.4, -0.2) is 21.0 Å². The number of benzene rings is 1. The molecule has 0 atom stereocenters. The van der Waals surface area contributed by atoms with E-state index in [9.17, 15) is 9.18 Å². The standard InChI is InChI=1S/C12H9FN2O2/c1-7-4-9(13)2-3-10(7)11-14-5-8(6-15-11)12(16)17/h2-6H,1H3,(H,16,17). The average Bonchev–Trinajstić information content (AvgIpc) is 2.29. The summed E-state index contributed by atoms with van der Waals surface area (Å²) in [7, 11) is 0. The van der Waals surface area contributed by atoms with Gasteiger partial charge in [0.25, 0.3) is 0 Å². The van der Waals surface area contributed by atoms with Crippen LogP contribution in [-0.2, 0) is 0 Å². The molecule has 0 saturated carbocycles. The second-order valence-corrected chi connectivity index (χ2v) is 3.56. The Morgan fingerprint density at radius 1 is 1.29 bits per heavy atom. The van der Waals surface area contributed by atoms with E-state index in [2.05, 4.69) is 9.97 Å². The molecule has 4 nitrogen and oxygen atoms in total. The minimum Gasteiger partial charge on any atom is -0.478 e. The van der Waals surface area contributed by atoms with Gasteiger partial charge in [-0.2, -0.15) is 0 Å². The van der Waals surface area contributed by atoms with Crippen LogP contribution in [0.2, 0.25) is 0 Å². The average molecular weight is 232 g/mol. The van der Waals surface area contributed by atoms with Crippen molar-refractivity contribution in [3.63, 3.8) is 0 Å². The zero-order valence-electron chi connectivity index (χ0n) is 9.01. The Bertz CT molecular complexity index is 567. The molecule has 1 N–H and O–H groups in total. The van der Waals surface area contributed by atoms with Crippen LogP contribution in [0.25, 0.3) is 11.4 Å². The van der Waals surface area contributed by atoms with Crippen LogP contribution in [0.5, 0.6) is 0 Å². The SMILES string of the molecule is Cc1cc(F)ccc1-c1ncc(C(=O)O)cn1. The summed E-state index contributed by atoms with van der Waals surface area (Å²) in [4.78, 5) is 18.5. The zero-order valence-corrected chi connectivity index (χ0v) is 9.01. The van der Waals surface area contributed by atoms with Crippen LogP contribution in [0, 0.1) is 12.7 Å². The van der Waals surface area contributed by atoms with Crippen molar-refractivity contribution in [1.82, 2.24) is 9.97 Å². The van der Waals surface area contributed by atoms with Gasteiger partial charge in [-0.25, -0.2) is 19.2 Å². The third-order valence-corrected chi connectivity index (χ3v) is 2.33. The molecule has 0 saturated heterocycles. The summed E-state index contributed by atoms with van der Waals surface area (Å²) in [5.74, 6) is -1.02. The molecule has 86 valence electrons. The molecule has 5 heteroatoms. The molecule has 0 bridgehead atoms. The number of aromatic nitrogens is 2. The molecule has 17 heavy (non-hydrogen) atoms. The molecule has 0 aliphatic heterocycles. The quantitative estimate of drug-likeness (QED) is 0.862. The highest BCUT2D eigenvalue weighted by molar-refractivity contribution is 5.86. The molecule has 1 aromatic heterocycles. The molecule has 0 fully saturated rings. The van der Waals surface area contributed by atoms with Gasteiger partial charge < -0.3 is 5.11 Å². The maximum atomic E-state index is 12.9. The third kappa shape index (κ3) is 2.28. The number of hydrogen-bond acceptors (Lipinski definition) is 3. The maximum absolute atomic E-state index is 12.9. The summed E-state index contributed by atoms with van der Waals surface area (Å²) < 4.78 is 12.9. The molecule has 1 aromatic carbocycles. The molecular weight excluding hydrogens is 223 g/mol. The number of carboxylic acid groups (broad SMARTS) is 1. The number of carbonyl (C=O) groups is 1. The highest BCUT2D eigenvalue weighted by Crippen LogP contribution is 2.20. The Kier molecular flexibility index (Phi) is 2.82. The first-order valence-electron chi connectivity index (χ1n) is 4.90. The number of halogens is 1. The van der Waals surface area contributed by atoms with E-state index in [0.29, 0.717) is 17.0 Å². The van der Waals surface area contributed by atoms with Crippen LogP contribution >= 0.6 is 0 Å². The Balaban J connectivity index is 2.43. The summed E-state index contributed by atoms with van der Waals surface area (Å²) in [5.41, 5.74) is 1.41. The number of aromatic carboxylic acids is 1. The van der Waals surface area contributed by atoms with Crippen LogP contribution in [0.1, 0.15) is 15.9 Å². The van der Waals surface area contributed by atoms with E-state index >= 15 is 0 Å². The van der Waals surface area contributed by atoms with Gasteiger partial charge in [0.1, 0.15) is 5.82 Å². The van der Waals surface area contributed by atoms with Gasteiger partial charge in [0.15, 0.2) is 5.82 Å². The van der Waals surface area contributed by atoms with E-state index < -0.39 is 5.97 Å². The fourth-order valence-electron chi connectivity index (χ4n) is 1.46. The number of aryl methyl sites for hydroxylation is 1. The Morgan fingerprint density at radius 2 is 1.94 bits per heavy atom. The largest absolute Gasteiger partial charge is 0.478 e. The molecule has 0 amide bonds. The monoisotopic (exact) mass is 232 g/mol. The summed E-state index contributed by atoms with van der Waals surface area (Å²) >= 11 is 0. The van der Waals surface area contributed by atoms with Crippen LogP contribution < -0.4 is 0 Å². The Hall–Kier alpha value is -2.30. The van der Waals surface area contributed by atoms with Crippen molar-refractivity contribution in [2.45, 2.75) is 6.92 Å². The van der Waals surface area contributed by atoms with Gasteiger partial charge in [-0.3, -0.25) is 0 Å². The van der Waals surface area contributed by atoms with Gasteiger partial charge in [-0.15, -0.1) is 0 Å². The fourth-order valence-corrected chi connectivity index (χ4v) is 1.46. The molecular formula is C12H9FN2O2. The van der Waals surface area contributed by atoms with Gasteiger partial charge in [-0.1, -0.05) is 0 Å². The summed E-state index contributed by atoms with van der Waals surface area (Å²) in [6.07, 6.45) is 2.46. The van der Waals surface area contributed by atoms with E-state index in [-0.39, 0.29) is 11.4 Å². The smallest absolute Gasteiger partial charge is 0.338 e. The highest BCUT2D eigenvalue weighted by Gasteiger charge is 2.08. The molecule has 1 heterocycles. The number of hydrogen-bond donors (Lipinski definition) is 1. The number of rotatable bonds is 2. The normalized spacial score (nSPS) is 10.2. The minimum atomic E-state index is -1.08. The van der Waals surface area contributed by atoms with Crippen molar-refractivity contribution in [1.29, 1.82) is 0 Å². The van der Waals surface area contributed by atoms with Crippen LogP contribution in [0.3, 0.4) is 0 Å². The van der Waals surface area contributed by atoms with Gasteiger partial charge in [0, 0.05) is 18.0 Å². The van der Waals surface area contributed by atoms with Gasteiger partial charge in [0.2, 0.25) is 0 Å². The first-order chi connectivity index (χ1) is 8.08. The molecule has 0 aliphatic carbocycles. The fraction of sp³-hybridized carbons (Fsp3) is 0.0833. The first kappa shape index (κ1) is 11.2. The lowest BCUT2D eigenvalue weighted by atomic mass is 10.1. The first-order valence-corrected chi connectivity index (χ1v) is 4.90. The molecule has 2 aromatic rings. The number of carboxylic acids is 1. The third-order valence-electron chi connectivity index (χ3n) is 2.33. The van der Waals surface area contributed by atoms with Crippen molar-refractivity contribution in [3.8, 4) is 11.4 Å². The number of nitrogens with zero attached hydrogens (tertiary/aromatic N) is 2. The second kappa shape index (κ2) is 4.29. The summed E-state index contributed by atoms with van der Waals surface area (Å²) in [6, 6.07) is 4.26. The van der Waals surface area contributed by atoms with Crippen LogP contribution in [0.4, 0.5) is 4.39 Å². The predicted octanol–water partition coefficient (Wildman–Crippen LogP) is 2.29. The second-order valence-electron chi connectivity index (χ2n) is 3.56. The van der Waals surface area contributed by atoms with Crippen molar-refractivity contribution < 1.29 is 14.3 Å². The maximum Gasteiger partial charge on any atom is 0.338 e. The predicted molar refractivity (Wildman–Crippen MR) is 59.1 cm³/mol. The van der Waals surface area contributed by atoms with Crippen molar-refractivity contribution >= 4 is 5.97 Å². The Labute approximate surface area is 96.8 Å². The van der Waals surface area contributed by atoms with Crippen molar-refractivity contribution in [2.24, 2.45) is 0 Å². The van der Waals surface area contributed by atoms with E-state index in [1.54, 1.807) is 13.0 Å². The lowest BCUT2D eigenvalue weighted by molar-refractivity contribution is 0.0696. The summed E-state index contributed by atoms with van der Waals surface area (Å²) in [5, 5.41) is 8.71. The van der Waals surface area contributed by atoms with Crippen molar-refractivity contribution in [3.05, 3.63) is 47.5 Å². The van der Waals surface area contributed by atoms with E-state index in [1.165, 1.54) is 24.5 Å². The van der Waals surface area contributed by atoms with Gasteiger partial charge in [-0.05, 0) is 30.7 Å². The molecule has 0 radical (unpaired) electrons. The van der Waals surface area contributed by atoms with Crippen LogP contribution in [0.15, 0.2) is 30.6 Å². The molecule has 0 spiro atoms. The molecule has 0 aliphatic rings. The van der Waals surface area contributed by atoms with E-state index in [4.69, 9.17) is 5.11 Å². The molecule has 0 unspecified atom stereocenters. The lowest BCUT2D eigenvalue weighted by Crippen LogP contribution is -2.00. The molecule has 2 rings (SSSR count). The van der Waals surface area contributed by atoms with E-state index in [0.717, 1.165) is 0 Å². The Morgan fingerprint density at radius 3 is 2.47 bits per heavy atom. The lowest BCUT2D eigenvalue weighted by Gasteiger charge is -2.04. The highest BCUT2D eigenvalue weighted by atomic mass is 19.1. The van der Waals surface area contributed by atoms with Crippen molar-refractivity contribution in [2.75, 3.05) is 0 Å².